The second kappa shape index (κ2) is 8.74. The van der Waals surface area contributed by atoms with Crippen molar-refractivity contribution in [1.82, 2.24) is 5.32 Å². The van der Waals surface area contributed by atoms with E-state index in [1.54, 1.807) is 24.3 Å². The first-order valence-corrected chi connectivity index (χ1v) is 8.77. The molecule has 1 aromatic rings. The molecule has 0 radical (unpaired) electrons. The number of nitrogens with zero attached hydrogens (tertiary/aromatic N) is 1. The molecule has 0 spiro atoms. The number of thioether (sulfide) groups is 1. The maximum absolute atomic E-state index is 12.5. The summed E-state index contributed by atoms with van der Waals surface area (Å²) < 4.78 is 9.31. The minimum atomic E-state index is -1.22. The molecule has 0 aromatic heterocycles. The van der Waals surface area contributed by atoms with Crippen LogP contribution in [0.25, 0.3) is 0 Å². The summed E-state index contributed by atoms with van der Waals surface area (Å²) in [4.78, 5) is 36.1. The molecule has 1 aliphatic rings. The number of esters is 2. The number of halogens is 1. The second-order valence-corrected chi connectivity index (χ2v) is 6.66. The summed E-state index contributed by atoms with van der Waals surface area (Å²) in [6.45, 7) is 0. The summed E-state index contributed by atoms with van der Waals surface area (Å²) in [7, 11) is 2.41. The van der Waals surface area contributed by atoms with E-state index in [4.69, 9.17) is 16.3 Å². The normalized spacial score (nSPS) is 19.4. The molecule has 1 aromatic carbocycles. The monoisotopic (exact) mass is 394 g/mol. The van der Waals surface area contributed by atoms with Gasteiger partial charge in [0.15, 0.2) is 0 Å². The van der Waals surface area contributed by atoms with Crippen LogP contribution in [0.1, 0.15) is 11.5 Å². The van der Waals surface area contributed by atoms with E-state index in [0.29, 0.717) is 10.6 Å². The maximum Gasteiger partial charge on any atom is 0.319 e. The maximum atomic E-state index is 12.5. The third-order valence-corrected chi connectivity index (χ3v) is 5.02. The van der Waals surface area contributed by atoms with Crippen molar-refractivity contribution in [2.24, 2.45) is 5.92 Å². The van der Waals surface area contributed by atoms with E-state index >= 15 is 0 Å². The Morgan fingerprint density at radius 2 is 1.92 bits per heavy atom. The number of rotatable bonds is 5. The smallest absolute Gasteiger partial charge is 0.319 e. The first-order valence-electron chi connectivity index (χ1n) is 7.41. The summed E-state index contributed by atoms with van der Waals surface area (Å²) in [5, 5.41) is 12.9. The van der Waals surface area contributed by atoms with Crippen molar-refractivity contribution in [1.29, 1.82) is 5.26 Å². The van der Waals surface area contributed by atoms with Gasteiger partial charge in [0.25, 0.3) is 0 Å². The number of benzene rings is 1. The molecule has 1 N–H and O–H groups in total. The van der Waals surface area contributed by atoms with Crippen molar-refractivity contribution in [3.8, 4) is 6.07 Å². The zero-order valence-corrected chi connectivity index (χ0v) is 15.5. The fourth-order valence-electron chi connectivity index (χ4n) is 2.54. The van der Waals surface area contributed by atoms with Gasteiger partial charge in [0.2, 0.25) is 5.91 Å². The van der Waals surface area contributed by atoms with E-state index in [1.165, 1.54) is 14.2 Å². The van der Waals surface area contributed by atoms with E-state index in [2.05, 4.69) is 10.1 Å². The highest BCUT2D eigenvalue weighted by Crippen LogP contribution is 2.40. The van der Waals surface area contributed by atoms with Crippen LogP contribution in [0, 0.1) is 17.2 Å². The van der Waals surface area contributed by atoms with E-state index in [0.717, 1.165) is 11.8 Å². The molecule has 0 saturated heterocycles. The van der Waals surface area contributed by atoms with Gasteiger partial charge in [-0.3, -0.25) is 14.4 Å². The van der Waals surface area contributed by atoms with E-state index in [1.807, 2.05) is 6.07 Å². The minimum Gasteiger partial charge on any atom is -0.468 e. The SMILES string of the molecule is COC(=O)CSC1=C(C#N)[C@H](c2ccc(Cl)cc2)[C@@H](C(=O)OC)C(=O)N1. The van der Waals surface area contributed by atoms with Crippen molar-refractivity contribution in [2.75, 3.05) is 20.0 Å². The van der Waals surface area contributed by atoms with Crippen LogP contribution in [0.2, 0.25) is 5.02 Å². The van der Waals surface area contributed by atoms with Crippen molar-refractivity contribution < 1.29 is 23.9 Å². The number of nitrogens with one attached hydrogen (secondary N) is 1. The highest BCUT2D eigenvalue weighted by molar-refractivity contribution is 8.03. The van der Waals surface area contributed by atoms with Crippen LogP contribution in [0.15, 0.2) is 34.9 Å². The number of ether oxygens (including phenoxy) is 2. The molecule has 2 rings (SSSR count). The van der Waals surface area contributed by atoms with Crippen LogP contribution in [0.4, 0.5) is 0 Å². The number of carbonyl (C=O) groups is 3. The third-order valence-electron chi connectivity index (χ3n) is 3.77. The largest absolute Gasteiger partial charge is 0.468 e. The molecule has 1 aliphatic heterocycles. The Hall–Kier alpha value is -2.50. The number of carbonyl (C=O) groups excluding carboxylic acids is 3. The Bertz CT molecular complexity index is 800. The van der Waals surface area contributed by atoms with Gasteiger partial charge < -0.3 is 14.8 Å². The molecule has 7 nitrogen and oxygen atoms in total. The fourth-order valence-corrected chi connectivity index (χ4v) is 3.55. The molecule has 0 bridgehead atoms. The zero-order chi connectivity index (χ0) is 19.3. The first kappa shape index (κ1) is 19.8. The Morgan fingerprint density at radius 3 is 2.46 bits per heavy atom. The minimum absolute atomic E-state index is 0.0898. The predicted molar refractivity (Wildman–Crippen MR) is 95.0 cm³/mol. The van der Waals surface area contributed by atoms with Crippen molar-refractivity contribution in [3.05, 3.63) is 45.5 Å². The summed E-state index contributed by atoms with van der Waals surface area (Å²) in [6.07, 6.45) is 0. The fraction of sp³-hybridized carbons (Fsp3) is 0.294. The Morgan fingerprint density at radius 1 is 1.27 bits per heavy atom. The second-order valence-electron chi connectivity index (χ2n) is 5.24. The lowest BCUT2D eigenvalue weighted by atomic mass is 9.78. The number of hydrogen-bond donors (Lipinski definition) is 1. The van der Waals surface area contributed by atoms with Gasteiger partial charge in [-0.05, 0) is 17.7 Å². The number of nitriles is 1. The van der Waals surface area contributed by atoms with Crippen LogP contribution in [-0.2, 0) is 23.9 Å². The Balaban J connectivity index is 2.53. The lowest BCUT2D eigenvalue weighted by Crippen LogP contribution is -2.44. The number of amides is 1. The molecule has 9 heteroatoms. The number of allylic oxidation sites excluding steroid dienone is 1. The van der Waals surface area contributed by atoms with Crippen LogP contribution in [0.3, 0.4) is 0 Å². The van der Waals surface area contributed by atoms with Crippen molar-refractivity contribution in [2.45, 2.75) is 5.92 Å². The van der Waals surface area contributed by atoms with Crippen LogP contribution in [0.5, 0.6) is 0 Å². The van der Waals surface area contributed by atoms with Gasteiger partial charge in [-0.15, -0.1) is 0 Å². The standard InChI is InChI=1S/C17H15ClN2O5S/c1-24-12(21)8-26-16-11(7-19)13(9-3-5-10(18)6-4-9)14(15(22)20-16)17(23)25-2/h3-6,13-14H,8H2,1-2H3,(H,20,22)/t13-,14+/m0/s1. The van der Waals surface area contributed by atoms with Gasteiger partial charge in [-0.2, -0.15) is 5.26 Å². The van der Waals surface area contributed by atoms with Gasteiger partial charge in [-0.1, -0.05) is 35.5 Å². The average molecular weight is 395 g/mol. The first-order chi connectivity index (χ1) is 12.4. The average Bonchev–Trinajstić information content (AvgIpc) is 2.65. The summed E-state index contributed by atoms with van der Waals surface area (Å²) in [6, 6.07) is 8.53. The molecule has 0 aliphatic carbocycles. The quantitative estimate of drug-likeness (QED) is 0.601. The van der Waals surface area contributed by atoms with E-state index < -0.39 is 29.7 Å². The lowest BCUT2D eigenvalue weighted by Gasteiger charge is -2.30. The van der Waals surface area contributed by atoms with Crippen molar-refractivity contribution in [3.63, 3.8) is 0 Å². The molecule has 136 valence electrons. The van der Waals surface area contributed by atoms with Crippen LogP contribution >= 0.6 is 23.4 Å². The topological polar surface area (TPSA) is 105 Å². The molecule has 2 atom stereocenters. The summed E-state index contributed by atoms with van der Waals surface area (Å²) in [5.41, 5.74) is 0.726. The van der Waals surface area contributed by atoms with Gasteiger partial charge >= 0.3 is 11.9 Å². The van der Waals surface area contributed by atoms with E-state index in [9.17, 15) is 19.6 Å². The molecule has 26 heavy (non-hydrogen) atoms. The molecule has 0 fully saturated rings. The van der Waals surface area contributed by atoms with Gasteiger partial charge in [0.05, 0.1) is 36.6 Å². The summed E-state index contributed by atoms with van der Waals surface area (Å²) in [5.74, 6) is -4.03. The third kappa shape index (κ3) is 4.18. The molecule has 0 unspecified atom stereocenters. The lowest BCUT2D eigenvalue weighted by molar-refractivity contribution is -0.150. The molecule has 0 saturated carbocycles. The van der Waals surface area contributed by atoms with Gasteiger partial charge in [-0.25, -0.2) is 0 Å². The molecule has 1 amide bonds. The highest BCUT2D eigenvalue weighted by atomic mass is 35.5. The van der Waals surface area contributed by atoms with Crippen LogP contribution in [-0.4, -0.2) is 37.8 Å². The molecular formula is C17H15ClN2O5S. The molecular weight excluding hydrogens is 380 g/mol. The summed E-state index contributed by atoms with van der Waals surface area (Å²) >= 11 is 6.86. The molecule has 1 heterocycles. The van der Waals surface area contributed by atoms with Crippen molar-refractivity contribution >= 4 is 41.2 Å². The van der Waals surface area contributed by atoms with Gasteiger partial charge in [0, 0.05) is 10.9 Å². The Kier molecular flexibility index (Phi) is 6.66. The number of hydrogen-bond acceptors (Lipinski definition) is 7. The Labute approximate surface area is 159 Å². The predicted octanol–water partition coefficient (Wildman–Crippen LogP) is 1.98. The van der Waals surface area contributed by atoms with E-state index in [-0.39, 0.29) is 16.4 Å². The van der Waals surface area contributed by atoms with Crippen LogP contribution < -0.4 is 5.32 Å². The number of methoxy groups -OCH3 is 2. The van der Waals surface area contributed by atoms with Gasteiger partial charge in [0.1, 0.15) is 5.92 Å². The zero-order valence-electron chi connectivity index (χ0n) is 13.9. The highest BCUT2D eigenvalue weighted by Gasteiger charge is 2.44.